The van der Waals surface area contributed by atoms with Crippen molar-refractivity contribution in [2.24, 2.45) is 0 Å². The van der Waals surface area contributed by atoms with Crippen LogP contribution >= 0.6 is 23.1 Å². The molecule has 1 unspecified atom stereocenters. The Kier molecular flexibility index (Phi) is 4.76. The summed E-state index contributed by atoms with van der Waals surface area (Å²) in [5.41, 5.74) is 1.31. The Hall–Kier alpha value is -0.720. The highest BCUT2D eigenvalue weighted by Crippen LogP contribution is 2.28. The van der Waals surface area contributed by atoms with Crippen molar-refractivity contribution in [3.63, 3.8) is 0 Å². The van der Waals surface area contributed by atoms with Gasteiger partial charge in [-0.3, -0.25) is 4.40 Å². The standard InChI is InChI=1S/C15H24N4S2/c1-4-12(10-20-3)18(2)14-13(9-16-11-5-6-11)19-7-8-21-15(19)17-14/h7-8,11-12,16H,4-6,9-10H2,1-3H3. The van der Waals surface area contributed by atoms with E-state index in [1.165, 1.54) is 18.5 Å². The molecule has 4 nitrogen and oxygen atoms in total. The van der Waals surface area contributed by atoms with E-state index >= 15 is 0 Å². The van der Waals surface area contributed by atoms with Crippen LogP contribution in [0, 0.1) is 0 Å². The molecule has 116 valence electrons. The molecule has 1 fully saturated rings. The predicted octanol–water partition coefficient (Wildman–Crippen LogP) is 3.23. The van der Waals surface area contributed by atoms with Crippen molar-refractivity contribution in [2.75, 3.05) is 24.0 Å². The van der Waals surface area contributed by atoms with Gasteiger partial charge in [-0.1, -0.05) is 6.92 Å². The van der Waals surface area contributed by atoms with Crippen LogP contribution in [0.5, 0.6) is 0 Å². The van der Waals surface area contributed by atoms with Crippen LogP contribution in [-0.2, 0) is 6.54 Å². The number of thioether (sulfide) groups is 1. The summed E-state index contributed by atoms with van der Waals surface area (Å²) in [6, 6.07) is 1.27. The number of nitrogens with zero attached hydrogens (tertiary/aromatic N) is 3. The molecule has 0 bridgehead atoms. The Morgan fingerprint density at radius 2 is 2.38 bits per heavy atom. The highest BCUT2D eigenvalue weighted by Gasteiger charge is 2.24. The first kappa shape index (κ1) is 15.2. The van der Waals surface area contributed by atoms with Crippen molar-refractivity contribution in [2.45, 2.75) is 44.8 Å². The smallest absolute Gasteiger partial charge is 0.195 e. The van der Waals surface area contributed by atoms with Crippen molar-refractivity contribution in [1.29, 1.82) is 0 Å². The fourth-order valence-electron chi connectivity index (χ4n) is 2.67. The highest BCUT2D eigenvalue weighted by atomic mass is 32.2. The predicted molar refractivity (Wildman–Crippen MR) is 93.8 cm³/mol. The van der Waals surface area contributed by atoms with Gasteiger partial charge in [-0.05, 0) is 25.5 Å². The first-order chi connectivity index (χ1) is 10.2. The van der Waals surface area contributed by atoms with Gasteiger partial charge in [0.2, 0.25) is 0 Å². The van der Waals surface area contributed by atoms with Crippen LogP contribution in [0.15, 0.2) is 11.6 Å². The van der Waals surface area contributed by atoms with E-state index in [9.17, 15) is 0 Å². The van der Waals surface area contributed by atoms with Crippen molar-refractivity contribution in [3.05, 3.63) is 17.3 Å². The van der Waals surface area contributed by atoms with Crippen LogP contribution in [0.3, 0.4) is 0 Å². The number of fused-ring (bicyclic) bond motifs is 1. The quantitative estimate of drug-likeness (QED) is 0.808. The number of imidazole rings is 1. The second-order valence-corrected chi connectivity index (χ2v) is 7.50. The number of nitrogens with one attached hydrogen (secondary N) is 1. The van der Waals surface area contributed by atoms with Gasteiger partial charge >= 0.3 is 0 Å². The molecule has 21 heavy (non-hydrogen) atoms. The molecule has 1 atom stereocenters. The van der Waals surface area contributed by atoms with Crippen molar-refractivity contribution < 1.29 is 0 Å². The first-order valence-corrected chi connectivity index (χ1v) is 9.91. The molecule has 1 aliphatic carbocycles. The van der Waals surface area contributed by atoms with E-state index in [2.05, 4.69) is 46.4 Å². The number of aromatic nitrogens is 2. The number of rotatable bonds is 8. The van der Waals surface area contributed by atoms with Gasteiger partial charge in [0.25, 0.3) is 0 Å². The molecular formula is C15H24N4S2. The fourth-order valence-corrected chi connectivity index (χ4v) is 4.24. The molecule has 0 spiro atoms. The third-order valence-electron chi connectivity index (χ3n) is 4.19. The summed E-state index contributed by atoms with van der Waals surface area (Å²) < 4.78 is 2.25. The molecule has 3 rings (SSSR count). The van der Waals surface area contributed by atoms with Gasteiger partial charge < -0.3 is 10.2 Å². The first-order valence-electron chi connectivity index (χ1n) is 7.64. The van der Waals surface area contributed by atoms with Crippen LogP contribution in [0.25, 0.3) is 4.96 Å². The maximum absolute atomic E-state index is 4.88. The summed E-state index contributed by atoms with van der Waals surface area (Å²) in [6.07, 6.45) is 8.11. The third-order valence-corrected chi connectivity index (χ3v) is 5.66. The molecule has 2 aromatic rings. The normalized spacial score (nSPS) is 16.5. The summed E-state index contributed by atoms with van der Waals surface area (Å²) in [7, 11) is 2.19. The molecule has 6 heteroatoms. The van der Waals surface area contributed by atoms with E-state index in [1.54, 1.807) is 11.3 Å². The van der Waals surface area contributed by atoms with E-state index < -0.39 is 0 Å². The van der Waals surface area contributed by atoms with Gasteiger partial charge in [0.05, 0.1) is 5.69 Å². The molecule has 0 aliphatic heterocycles. The van der Waals surface area contributed by atoms with Crippen LogP contribution in [0.1, 0.15) is 31.9 Å². The molecule has 0 saturated heterocycles. The van der Waals surface area contributed by atoms with Gasteiger partial charge in [0.1, 0.15) is 0 Å². The zero-order valence-electron chi connectivity index (χ0n) is 13.0. The lowest BCUT2D eigenvalue weighted by atomic mass is 10.2. The van der Waals surface area contributed by atoms with Crippen LogP contribution in [0.4, 0.5) is 5.82 Å². The SMILES string of the molecule is CCC(CSC)N(C)c1nc2sccn2c1CNC1CC1. The Balaban J connectivity index is 1.87. The number of thiazole rings is 1. The summed E-state index contributed by atoms with van der Waals surface area (Å²) >= 11 is 3.63. The second kappa shape index (κ2) is 6.58. The van der Waals surface area contributed by atoms with Gasteiger partial charge in [-0.25, -0.2) is 4.98 Å². The van der Waals surface area contributed by atoms with Crippen molar-refractivity contribution in [1.82, 2.24) is 14.7 Å². The van der Waals surface area contributed by atoms with Crippen molar-refractivity contribution >= 4 is 33.9 Å². The van der Waals surface area contributed by atoms with E-state index in [0.29, 0.717) is 6.04 Å². The largest absolute Gasteiger partial charge is 0.354 e. The molecular weight excluding hydrogens is 300 g/mol. The average molecular weight is 325 g/mol. The number of hydrogen-bond donors (Lipinski definition) is 1. The van der Waals surface area contributed by atoms with Gasteiger partial charge in [0.15, 0.2) is 10.8 Å². The third kappa shape index (κ3) is 3.22. The molecule has 1 aliphatic rings. The van der Waals surface area contributed by atoms with Gasteiger partial charge in [-0.15, -0.1) is 11.3 Å². The van der Waals surface area contributed by atoms with E-state index in [-0.39, 0.29) is 0 Å². The molecule has 0 radical (unpaired) electrons. The Morgan fingerprint density at radius 1 is 1.57 bits per heavy atom. The van der Waals surface area contributed by atoms with E-state index in [1.807, 2.05) is 11.8 Å². The molecule has 0 amide bonds. The Labute approximate surface area is 134 Å². The number of anilines is 1. The van der Waals surface area contributed by atoms with E-state index in [4.69, 9.17) is 4.98 Å². The van der Waals surface area contributed by atoms with Crippen LogP contribution < -0.4 is 10.2 Å². The highest BCUT2D eigenvalue weighted by molar-refractivity contribution is 7.98. The van der Waals surface area contributed by atoms with Crippen molar-refractivity contribution in [3.8, 4) is 0 Å². The van der Waals surface area contributed by atoms with Gasteiger partial charge in [-0.2, -0.15) is 11.8 Å². The fraction of sp³-hybridized carbons (Fsp3) is 0.667. The van der Waals surface area contributed by atoms with Crippen LogP contribution in [-0.4, -0.2) is 40.5 Å². The maximum Gasteiger partial charge on any atom is 0.195 e. The minimum atomic E-state index is 0.546. The minimum Gasteiger partial charge on any atom is -0.354 e. The molecule has 2 heterocycles. The summed E-state index contributed by atoms with van der Waals surface area (Å²) in [4.78, 5) is 8.36. The molecule has 1 saturated carbocycles. The van der Waals surface area contributed by atoms with Gasteiger partial charge in [0, 0.05) is 43.0 Å². The zero-order valence-corrected chi connectivity index (χ0v) is 14.6. The minimum absolute atomic E-state index is 0.546. The zero-order chi connectivity index (χ0) is 14.8. The van der Waals surface area contributed by atoms with E-state index in [0.717, 1.165) is 35.5 Å². The lowest BCUT2D eigenvalue weighted by Gasteiger charge is -2.28. The Bertz CT molecular complexity index is 588. The monoisotopic (exact) mass is 324 g/mol. The Morgan fingerprint density at radius 3 is 3.05 bits per heavy atom. The molecule has 0 aromatic carbocycles. The second-order valence-electron chi connectivity index (χ2n) is 5.72. The summed E-state index contributed by atoms with van der Waals surface area (Å²) in [5.74, 6) is 2.30. The average Bonchev–Trinajstić information content (AvgIpc) is 3.09. The molecule has 1 N–H and O–H groups in total. The summed E-state index contributed by atoms with van der Waals surface area (Å²) in [5, 5.41) is 5.75. The maximum atomic E-state index is 4.88. The number of hydrogen-bond acceptors (Lipinski definition) is 5. The molecule has 2 aromatic heterocycles. The van der Waals surface area contributed by atoms with Crippen LogP contribution in [0.2, 0.25) is 0 Å². The lowest BCUT2D eigenvalue weighted by Crippen LogP contribution is -2.34. The lowest BCUT2D eigenvalue weighted by molar-refractivity contribution is 0.643. The topological polar surface area (TPSA) is 32.6 Å². The summed E-state index contributed by atoms with van der Waals surface area (Å²) in [6.45, 7) is 3.18.